The molecule has 0 bridgehead atoms. The monoisotopic (exact) mass is 284 g/mol. The van der Waals surface area contributed by atoms with Gasteiger partial charge in [0.1, 0.15) is 0 Å². The summed E-state index contributed by atoms with van der Waals surface area (Å²) in [6.07, 6.45) is 6.00. The summed E-state index contributed by atoms with van der Waals surface area (Å²) in [6.45, 7) is 6.85. The van der Waals surface area contributed by atoms with Crippen molar-refractivity contribution in [3.8, 4) is 0 Å². The van der Waals surface area contributed by atoms with Crippen molar-refractivity contribution in [2.24, 2.45) is 5.92 Å². The van der Waals surface area contributed by atoms with Crippen LogP contribution in [-0.2, 0) is 4.79 Å². The van der Waals surface area contributed by atoms with E-state index in [0.29, 0.717) is 12.5 Å². The van der Waals surface area contributed by atoms with E-state index in [1.165, 1.54) is 0 Å². The first-order chi connectivity index (χ1) is 9.40. The van der Waals surface area contributed by atoms with E-state index < -0.39 is 0 Å². The molecule has 118 valence electrons. The standard InChI is InChI=1S/C16H32N2O2/c1-12(2)9-10-13(3)17-16(20)11-18(4)14-7-5-6-8-15(14)19/h12-15,19H,5-11H2,1-4H3,(H,17,20). The molecule has 1 amide bonds. The summed E-state index contributed by atoms with van der Waals surface area (Å²) in [4.78, 5) is 14.0. The first-order valence-corrected chi connectivity index (χ1v) is 8.07. The van der Waals surface area contributed by atoms with E-state index in [1.54, 1.807) is 0 Å². The van der Waals surface area contributed by atoms with Crippen LogP contribution in [0.4, 0.5) is 0 Å². The quantitative estimate of drug-likeness (QED) is 0.753. The Bertz CT molecular complexity index is 294. The SMILES string of the molecule is CC(C)CCC(C)NC(=O)CN(C)C1CCCCC1O. The van der Waals surface area contributed by atoms with Crippen molar-refractivity contribution < 1.29 is 9.90 Å². The van der Waals surface area contributed by atoms with Gasteiger partial charge in [0.05, 0.1) is 12.6 Å². The van der Waals surface area contributed by atoms with Gasteiger partial charge in [-0.15, -0.1) is 0 Å². The molecule has 1 saturated carbocycles. The average Bonchev–Trinajstić information content (AvgIpc) is 2.36. The maximum atomic E-state index is 12.0. The number of hydrogen-bond donors (Lipinski definition) is 2. The van der Waals surface area contributed by atoms with Crippen LogP contribution in [0.5, 0.6) is 0 Å². The molecule has 0 radical (unpaired) electrons. The van der Waals surface area contributed by atoms with Gasteiger partial charge in [-0.1, -0.05) is 26.7 Å². The summed E-state index contributed by atoms with van der Waals surface area (Å²) >= 11 is 0. The maximum absolute atomic E-state index is 12.0. The fourth-order valence-corrected chi connectivity index (χ4v) is 2.93. The summed E-state index contributed by atoms with van der Waals surface area (Å²) in [5.41, 5.74) is 0. The Morgan fingerprint density at radius 1 is 1.25 bits per heavy atom. The van der Waals surface area contributed by atoms with Crippen molar-refractivity contribution in [1.29, 1.82) is 0 Å². The van der Waals surface area contributed by atoms with Crippen LogP contribution in [-0.4, -0.2) is 47.7 Å². The summed E-state index contributed by atoms with van der Waals surface area (Å²) < 4.78 is 0. The fraction of sp³-hybridized carbons (Fsp3) is 0.938. The lowest BCUT2D eigenvalue weighted by atomic mass is 9.91. The highest BCUT2D eigenvalue weighted by Crippen LogP contribution is 2.22. The molecule has 0 saturated heterocycles. The molecule has 1 aliphatic rings. The third-order valence-corrected chi connectivity index (χ3v) is 4.24. The van der Waals surface area contributed by atoms with Gasteiger partial charge in [0.25, 0.3) is 0 Å². The zero-order valence-electron chi connectivity index (χ0n) is 13.6. The van der Waals surface area contributed by atoms with Crippen LogP contribution in [0.2, 0.25) is 0 Å². The van der Waals surface area contributed by atoms with Gasteiger partial charge < -0.3 is 10.4 Å². The highest BCUT2D eigenvalue weighted by atomic mass is 16.3. The molecule has 3 unspecified atom stereocenters. The molecule has 0 heterocycles. The van der Waals surface area contributed by atoms with Crippen LogP contribution in [0.1, 0.15) is 59.3 Å². The smallest absolute Gasteiger partial charge is 0.234 e. The van der Waals surface area contributed by atoms with Crippen LogP contribution in [0, 0.1) is 5.92 Å². The third kappa shape index (κ3) is 6.23. The topological polar surface area (TPSA) is 52.6 Å². The minimum atomic E-state index is -0.278. The highest BCUT2D eigenvalue weighted by molar-refractivity contribution is 5.78. The third-order valence-electron chi connectivity index (χ3n) is 4.24. The number of carbonyl (C=O) groups is 1. The second-order valence-electron chi connectivity index (χ2n) is 6.77. The minimum absolute atomic E-state index is 0.0709. The lowest BCUT2D eigenvalue weighted by Crippen LogP contribution is -2.48. The molecule has 3 atom stereocenters. The van der Waals surface area contributed by atoms with E-state index >= 15 is 0 Å². The lowest BCUT2D eigenvalue weighted by molar-refractivity contribution is -0.123. The predicted octanol–water partition coefficient (Wildman–Crippen LogP) is 2.16. The first kappa shape index (κ1) is 17.4. The number of aliphatic hydroxyl groups excluding tert-OH is 1. The second-order valence-corrected chi connectivity index (χ2v) is 6.77. The summed E-state index contributed by atoms with van der Waals surface area (Å²) in [5, 5.41) is 13.1. The molecule has 4 nitrogen and oxygen atoms in total. The number of carbonyl (C=O) groups excluding carboxylic acids is 1. The number of amides is 1. The largest absolute Gasteiger partial charge is 0.391 e. The van der Waals surface area contributed by atoms with Gasteiger partial charge in [0.15, 0.2) is 0 Å². The molecule has 1 rings (SSSR count). The molecular weight excluding hydrogens is 252 g/mol. The molecule has 0 spiro atoms. The van der Waals surface area contributed by atoms with Crippen molar-refractivity contribution in [1.82, 2.24) is 10.2 Å². The number of likely N-dealkylation sites (N-methyl/N-ethyl adjacent to an activating group) is 1. The zero-order valence-corrected chi connectivity index (χ0v) is 13.6. The molecule has 1 aliphatic carbocycles. The molecule has 0 aromatic heterocycles. The molecule has 4 heteroatoms. The van der Waals surface area contributed by atoms with Gasteiger partial charge in [-0.3, -0.25) is 9.69 Å². The number of nitrogens with zero attached hydrogens (tertiary/aromatic N) is 1. The summed E-state index contributed by atoms with van der Waals surface area (Å²) in [5.74, 6) is 0.746. The average molecular weight is 284 g/mol. The van der Waals surface area contributed by atoms with Crippen LogP contribution in [0.25, 0.3) is 0 Å². The first-order valence-electron chi connectivity index (χ1n) is 8.07. The van der Waals surface area contributed by atoms with Gasteiger partial charge in [-0.25, -0.2) is 0 Å². The lowest BCUT2D eigenvalue weighted by Gasteiger charge is -2.35. The van der Waals surface area contributed by atoms with E-state index in [-0.39, 0.29) is 24.1 Å². The Labute approximate surface area is 123 Å². The predicted molar refractivity (Wildman–Crippen MR) is 82.6 cm³/mol. The molecule has 0 aromatic rings. The molecule has 1 fully saturated rings. The van der Waals surface area contributed by atoms with Crippen LogP contribution in [0.15, 0.2) is 0 Å². The second kappa shape index (κ2) is 8.63. The molecule has 2 N–H and O–H groups in total. The Hall–Kier alpha value is -0.610. The van der Waals surface area contributed by atoms with Crippen LogP contribution >= 0.6 is 0 Å². The summed E-state index contributed by atoms with van der Waals surface area (Å²) in [6, 6.07) is 0.370. The van der Waals surface area contributed by atoms with Crippen LogP contribution in [0.3, 0.4) is 0 Å². The van der Waals surface area contributed by atoms with Gasteiger partial charge >= 0.3 is 0 Å². The van der Waals surface area contributed by atoms with Gasteiger partial charge in [-0.05, 0) is 45.6 Å². The van der Waals surface area contributed by atoms with E-state index in [1.807, 2.05) is 11.9 Å². The van der Waals surface area contributed by atoms with Crippen molar-refractivity contribution in [2.45, 2.75) is 77.5 Å². The van der Waals surface area contributed by atoms with Crippen LogP contribution < -0.4 is 5.32 Å². The summed E-state index contributed by atoms with van der Waals surface area (Å²) in [7, 11) is 1.94. The van der Waals surface area contributed by atoms with Crippen molar-refractivity contribution in [2.75, 3.05) is 13.6 Å². The Balaban J connectivity index is 2.30. The van der Waals surface area contributed by atoms with E-state index in [2.05, 4.69) is 26.1 Å². The van der Waals surface area contributed by atoms with Gasteiger partial charge in [0, 0.05) is 12.1 Å². The fourth-order valence-electron chi connectivity index (χ4n) is 2.93. The minimum Gasteiger partial charge on any atom is -0.391 e. The molecule has 0 aliphatic heterocycles. The van der Waals surface area contributed by atoms with E-state index in [4.69, 9.17) is 0 Å². The molecule has 20 heavy (non-hydrogen) atoms. The van der Waals surface area contributed by atoms with Gasteiger partial charge in [-0.2, -0.15) is 0 Å². The maximum Gasteiger partial charge on any atom is 0.234 e. The Kier molecular flexibility index (Phi) is 7.52. The number of rotatable bonds is 7. The van der Waals surface area contributed by atoms with Crippen molar-refractivity contribution in [3.05, 3.63) is 0 Å². The Morgan fingerprint density at radius 3 is 2.50 bits per heavy atom. The van der Waals surface area contributed by atoms with Crippen molar-refractivity contribution in [3.63, 3.8) is 0 Å². The Morgan fingerprint density at radius 2 is 1.90 bits per heavy atom. The number of nitrogens with one attached hydrogen (secondary N) is 1. The number of hydrogen-bond acceptors (Lipinski definition) is 3. The van der Waals surface area contributed by atoms with E-state index in [0.717, 1.165) is 38.5 Å². The van der Waals surface area contributed by atoms with Crippen molar-refractivity contribution >= 4 is 5.91 Å². The van der Waals surface area contributed by atoms with Gasteiger partial charge in [0.2, 0.25) is 5.91 Å². The normalized spacial score (nSPS) is 24.9. The molecular formula is C16H32N2O2. The number of aliphatic hydroxyl groups is 1. The van der Waals surface area contributed by atoms with E-state index in [9.17, 15) is 9.90 Å². The molecule has 0 aromatic carbocycles. The highest BCUT2D eigenvalue weighted by Gasteiger charge is 2.27. The zero-order chi connectivity index (χ0) is 15.1.